The summed E-state index contributed by atoms with van der Waals surface area (Å²) in [7, 11) is 0. The highest BCUT2D eigenvalue weighted by Gasteiger charge is 2.05. The number of nitrogens with one attached hydrogen (secondary N) is 2. The van der Waals surface area contributed by atoms with Crippen molar-refractivity contribution in [3.05, 3.63) is 76.7 Å². The van der Waals surface area contributed by atoms with Crippen LogP contribution in [0.3, 0.4) is 0 Å². The molecular weight excluding hydrogens is 359 g/mol. The van der Waals surface area contributed by atoms with Gasteiger partial charge in [-0.3, -0.25) is 9.97 Å². The summed E-state index contributed by atoms with van der Waals surface area (Å²) >= 11 is 11.8. The van der Waals surface area contributed by atoms with Gasteiger partial charge in [-0.25, -0.2) is 4.79 Å². The van der Waals surface area contributed by atoms with Crippen LogP contribution in [0.25, 0.3) is 11.3 Å². The minimum Gasteiger partial charge on any atom is -0.334 e. The van der Waals surface area contributed by atoms with Crippen LogP contribution in [0.1, 0.15) is 5.56 Å². The molecule has 3 aromatic rings. The lowest BCUT2D eigenvalue weighted by atomic mass is 10.1. The van der Waals surface area contributed by atoms with Gasteiger partial charge in [-0.05, 0) is 48.0 Å². The van der Waals surface area contributed by atoms with E-state index in [0.717, 1.165) is 16.8 Å². The number of hydrogen-bond acceptors (Lipinski definition) is 3. The fourth-order valence-corrected chi connectivity index (χ4v) is 2.49. The third kappa shape index (κ3) is 4.68. The zero-order valence-corrected chi connectivity index (χ0v) is 14.6. The van der Waals surface area contributed by atoms with Gasteiger partial charge in [0, 0.05) is 36.4 Å². The zero-order valence-electron chi connectivity index (χ0n) is 13.0. The van der Waals surface area contributed by atoms with Gasteiger partial charge in [-0.2, -0.15) is 0 Å². The largest absolute Gasteiger partial charge is 0.334 e. The molecule has 0 saturated heterocycles. The van der Waals surface area contributed by atoms with Gasteiger partial charge in [0.2, 0.25) is 0 Å². The van der Waals surface area contributed by atoms with E-state index in [1.54, 1.807) is 36.8 Å². The Balaban J connectivity index is 1.61. The monoisotopic (exact) mass is 372 g/mol. The number of rotatable bonds is 4. The summed E-state index contributed by atoms with van der Waals surface area (Å²) in [4.78, 5) is 20.3. The molecule has 0 atom stereocenters. The van der Waals surface area contributed by atoms with E-state index < -0.39 is 0 Å². The van der Waals surface area contributed by atoms with Crippen LogP contribution in [0.5, 0.6) is 0 Å². The van der Waals surface area contributed by atoms with Crippen LogP contribution in [-0.4, -0.2) is 16.0 Å². The molecule has 2 amide bonds. The zero-order chi connectivity index (χ0) is 17.6. The van der Waals surface area contributed by atoms with Gasteiger partial charge >= 0.3 is 6.03 Å². The lowest BCUT2D eigenvalue weighted by Crippen LogP contribution is -2.28. The van der Waals surface area contributed by atoms with Crippen LogP contribution in [-0.2, 0) is 6.54 Å². The second-order valence-corrected chi connectivity index (χ2v) is 6.04. The highest BCUT2D eigenvalue weighted by Crippen LogP contribution is 2.25. The van der Waals surface area contributed by atoms with Crippen molar-refractivity contribution in [2.24, 2.45) is 0 Å². The van der Waals surface area contributed by atoms with E-state index in [0.29, 0.717) is 22.3 Å². The van der Waals surface area contributed by atoms with Gasteiger partial charge in [0.1, 0.15) is 0 Å². The van der Waals surface area contributed by atoms with Gasteiger partial charge in [0.15, 0.2) is 0 Å². The Morgan fingerprint density at radius 2 is 1.76 bits per heavy atom. The predicted octanol–water partition coefficient (Wildman–Crippen LogP) is 4.77. The van der Waals surface area contributed by atoms with Gasteiger partial charge in [-0.15, -0.1) is 0 Å². The summed E-state index contributed by atoms with van der Waals surface area (Å²) in [5, 5.41) is 6.33. The average molecular weight is 373 g/mol. The molecule has 5 nitrogen and oxygen atoms in total. The Hall–Kier alpha value is -2.63. The molecule has 0 spiro atoms. The second-order valence-electron chi connectivity index (χ2n) is 5.22. The summed E-state index contributed by atoms with van der Waals surface area (Å²) < 4.78 is 0. The SMILES string of the molecule is O=C(NCc1ccnc(-c2ccncc2)c1)Nc1ccc(Cl)c(Cl)c1. The quantitative estimate of drug-likeness (QED) is 0.692. The molecule has 2 heterocycles. The first-order chi connectivity index (χ1) is 12.1. The van der Waals surface area contributed by atoms with Gasteiger partial charge in [0.05, 0.1) is 15.7 Å². The molecule has 0 unspecified atom stereocenters. The number of amides is 2. The molecule has 126 valence electrons. The number of halogens is 2. The first-order valence-electron chi connectivity index (χ1n) is 7.47. The van der Waals surface area contributed by atoms with Crippen molar-refractivity contribution in [2.75, 3.05) is 5.32 Å². The van der Waals surface area contributed by atoms with Crippen LogP contribution in [0.2, 0.25) is 10.0 Å². The minimum atomic E-state index is -0.333. The summed E-state index contributed by atoms with van der Waals surface area (Å²) in [6.45, 7) is 0.369. The van der Waals surface area contributed by atoms with Crippen molar-refractivity contribution < 1.29 is 4.79 Å². The molecule has 2 N–H and O–H groups in total. The number of pyridine rings is 2. The Labute approximate surface area is 155 Å². The van der Waals surface area contributed by atoms with E-state index in [1.165, 1.54) is 0 Å². The molecule has 7 heteroatoms. The van der Waals surface area contributed by atoms with E-state index in [1.807, 2.05) is 24.3 Å². The number of nitrogens with zero attached hydrogens (tertiary/aromatic N) is 2. The molecule has 2 aromatic heterocycles. The summed E-state index contributed by atoms with van der Waals surface area (Å²) in [5.74, 6) is 0. The number of carbonyl (C=O) groups excluding carboxylic acids is 1. The number of aromatic nitrogens is 2. The predicted molar refractivity (Wildman–Crippen MR) is 99.8 cm³/mol. The molecule has 25 heavy (non-hydrogen) atoms. The number of carbonyl (C=O) groups is 1. The third-order valence-electron chi connectivity index (χ3n) is 3.43. The first-order valence-corrected chi connectivity index (χ1v) is 8.22. The maximum atomic E-state index is 12.0. The van der Waals surface area contributed by atoms with Crippen LogP contribution < -0.4 is 10.6 Å². The van der Waals surface area contributed by atoms with Crippen molar-refractivity contribution in [2.45, 2.75) is 6.54 Å². The van der Waals surface area contributed by atoms with E-state index in [2.05, 4.69) is 20.6 Å². The van der Waals surface area contributed by atoms with Crippen LogP contribution in [0, 0.1) is 0 Å². The molecule has 0 radical (unpaired) electrons. The smallest absolute Gasteiger partial charge is 0.319 e. The van der Waals surface area contributed by atoms with Crippen molar-refractivity contribution in [3.8, 4) is 11.3 Å². The van der Waals surface area contributed by atoms with E-state index >= 15 is 0 Å². The van der Waals surface area contributed by atoms with Crippen LogP contribution >= 0.6 is 23.2 Å². The molecule has 0 aliphatic carbocycles. The maximum absolute atomic E-state index is 12.0. The fraction of sp³-hybridized carbons (Fsp3) is 0.0556. The number of hydrogen-bond donors (Lipinski definition) is 2. The minimum absolute atomic E-state index is 0.333. The topological polar surface area (TPSA) is 66.9 Å². The third-order valence-corrected chi connectivity index (χ3v) is 4.17. The van der Waals surface area contributed by atoms with Gasteiger partial charge in [0.25, 0.3) is 0 Å². The number of anilines is 1. The molecule has 0 aliphatic rings. The molecule has 0 bridgehead atoms. The standard InChI is InChI=1S/C18H14Cl2N4O/c19-15-2-1-14(10-16(15)20)24-18(25)23-11-12-3-8-22-17(9-12)13-4-6-21-7-5-13/h1-10H,11H2,(H2,23,24,25). The van der Waals surface area contributed by atoms with E-state index in [4.69, 9.17) is 23.2 Å². The van der Waals surface area contributed by atoms with Crippen molar-refractivity contribution in [1.82, 2.24) is 15.3 Å². The maximum Gasteiger partial charge on any atom is 0.319 e. The molecule has 0 saturated carbocycles. The van der Waals surface area contributed by atoms with E-state index in [9.17, 15) is 4.79 Å². The Kier molecular flexibility index (Phi) is 5.48. The molecular formula is C18H14Cl2N4O. The average Bonchev–Trinajstić information content (AvgIpc) is 2.64. The van der Waals surface area contributed by atoms with Crippen molar-refractivity contribution in [1.29, 1.82) is 0 Å². The number of urea groups is 1. The van der Waals surface area contributed by atoms with Gasteiger partial charge in [-0.1, -0.05) is 23.2 Å². The molecule has 3 rings (SSSR count). The Morgan fingerprint density at radius 1 is 0.960 bits per heavy atom. The molecule has 0 aliphatic heterocycles. The van der Waals surface area contributed by atoms with Crippen molar-refractivity contribution in [3.63, 3.8) is 0 Å². The fourth-order valence-electron chi connectivity index (χ4n) is 2.20. The van der Waals surface area contributed by atoms with Crippen molar-refractivity contribution >= 4 is 34.9 Å². The van der Waals surface area contributed by atoms with Crippen LogP contribution in [0.4, 0.5) is 10.5 Å². The Morgan fingerprint density at radius 3 is 2.52 bits per heavy atom. The Bertz CT molecular complexity index is 887. The van der Waals surface area contributed by atoms with Crippen LogP contribution in [0.15, 0.2) is 61.1 Å². The summed E-state index contributed by atoms with van der Waals surface area (Å²) in [5.41, 5.74) is 3.30. The summed E-state index contributed by atoms with van der Waals surface area (Å²) in [6, 6.07) is 12.1. The molecule has 0 fully saturated rings. The van der Waals surface area contributed by atoms with E-state index in [-0.39, 0.29) is 6.03 Å². The molecule has 1 aromatic carbocycles. The number of benzene rings is 1. The lowest BCUT2D eigenvalue weighted by Gasteiger charge is -2.09. The summed E-state index contributed by atoms with van der Waals surface area (Å²) in [6.07, 6.45) is 5.14. The highest BCUT2D eigenvalue weighted by atomic mass is 35.5. The highest BCUT2D eigenvalue weighted by molar-refractivity contribution is 6.42. The normalized spacial score (nSPS) is 10.3. The lowest BCUT2D eigenvalue weighted by molar-refractivity contribution is 0.251. The second kappa shape index (κ2) is 7.96. The van der Waals surface area contributed by atoms with Gasteiger partial charge < -0.3 is 10.6 Å². The first kappa shape index (κ1) is 17.2.